The summed E-state index contributed by atoms with van der Waals surface area (Å²) in [7, 11) is 2.14. The van der Waals surface area contributed by atoms with Crippen molar-refractivity contribution >= 4 is 0 Å². The van der Waals surface area contributed by atoms with Crippen LogP contribution >= 0.6 is 0 Å². The van der Waals surface area contributed by atoms with E-state index in [0.717, 1.165) is 6.04 Å². The van der Waals surface area contributed by atoms with E-state index in [4.69, 9.17) is 0 Å². The fraction of sp³-hybridized carbons (Fsp3) is 1.00. The number of nitrogens with zero attached hydrogens (tertiary/aromatic N) is 2. The Hall–Kier alpha value is -0.120. The average Bonchev–Trinajstić information content (AvgIpc) is 2.85. The number of nitrogens with one attached hydrogen (secondary N) is 1. The standard InChI is InChI=1S/C16H33N3/c1-5-8-15(17-4)16(6-2)19-12-14-9-7-10-18(14)11-13(19)3/h13-17H,5-12H2,1-4H3. The van der Waals surface area contributed by atoms with Crippen molar-refractivity contribution in [1.82, 2.24) is 15.1 Å². The van der Waals surface area contributed by atoms with Gasteiger partial charge < -0.3 is 5.32 Å². The molecular weight excluding hydrogens is 234 g/mol. The van der Waals surface area contributed by atoms with E-state index in [9.17, 15) is 0 Å². The lowest BCUT2D eigenvalue weighted by molar-refractivity contribution is 0.0136. The highest BCUT2D eigenvalue weighted by atomic mass is 15.3. The minimum absolute atomic E-state index is 0.658. The zero-order valence-corrected chi connectivity index (χ0v) is 13.4. The van der Waals surface area contributed by atoms with Gasteiger partial charge in [-0.1, -0.05) is 20.3 Å². The predicted molar refractivity (Wildman–Crippen MR) is 82.6 cm³/mol. The highest BCUT2D eigenvalue weighted by Crippen LogP contribution is 2.28. The molecule has 0 aliphatic carbocycles. The van der Waals surface area contributed by atoms with Gasteiger partial charge in [-0.15, -0.1) is 0 Å². The quantitative estimate of drug-likeness (QED) is 0.797. The largest absolute Gasteiger partial charge is 0.315 e. The third-order valence-corrected chi connectivity index (χ3v) is 5.26. The third kappa shape index (κ3) is 3.32. The molecule has 4 unspecified atom stereocenters. The monoisotopic (exact) mass is 267 g/mol. The van der Waals surface area contributed by atoms with Crippen molar-refractivity contribution in [3.8, 4) is 0 Å². The van der Waals surface area contributed by atoms with E-state index in [1.165, 1.54) is 51.7 Å². The summed E-state index contributed by atoms with van der Waals surface area (Å²) in [5.41, 5.74) is 0. The summed E-state index contributed by atoms with van der Waals surface area (Å²) in [5.74, 6) is 0. The summed E-state index contributed by atoms with van der Waals surface area (Å²) in [6, 6.07) is 2.92. The zero-order chi connectivity index (χ0) is 13.8. The maximum atomic E-state index is 3.58. The molecule has 0 aromatic rings. The average molecular weight is 267 g/mol. The second-order valence-electron chi connectivity index (χ2n) is 6.50. The van der Waals surface area contributed by atoms with Gasteiger partial charge in [-0.25, -0.2) is 0 Å². The Balaban J connectivity index is 2.04. The van der Waals surface area contributed by atoms with Crippen molar-refractivity contribution < 1.29 is 0 Å². The van der Waals surface area contributed by atoms with E-state index in [1.54, 1.807) is 0 Å². The number of piperazine rings is 1. The van der Waals surface area contributed by atoms with Crippen molar-refractivity contribution in [3.05, 3.63) is 0 Å². The second-order valence-corrected chi connectivity index (χ2v) is 6.50. The molecule has 2 heterocycles. The Morgan fingerprint density at radius 3 is 2.68 bits per heavy atom. The lowest BCUT2D eigenvalue weighted by Crippen LogP contribution is -2.61. The summed E-state index contributed by atoms with van der Waals surface area (Å²) < 4.78 is 0. The molecule has 2 saturated heterocycles. The molecule has 19 heavy (non-hydrogen) atoms. The zero-order valence-electron chi connectivity index (χ0n) is 13.4. The first kappa shape index (κ1) is 15.3. The van der Waals surface area contributed by atoms with E-state index in [1.807, 2.05) is 0 Å². The summed E-state index contributed by atoms with van der Waals surface area (Å²) in [6.45, 7) is 11.0. The molecule has 2 fully saturated rings. The fourth-order valence-corrected chi connectivity index (χ4v) is 4.26. The molecule has 0 radical (unpaired) electrons. The molecule has 0 amide bonds. The van der Waals surface area contributed by atoms with Crippen molar-refractivity contribution in [2.24, 2.45) is 0 Å². The smallest absolute Gasteiger partial charge is 0.0250 e. The van der Waals surface area contributed by atoms with Crippen molar-refractivity contribution in [3.63, 3.8) is 0 Å². The normalized spacial score (nSPS) is 32.2. The van der Waals surface area contributed by atoms with Crippen LogP contribution in [0, 0.1) is 0 Å². The Kier molecular flexibility index (Phi) is 5.67. The fourth-order valence-electron chi connectivity index (χ4n) is 4.26. The summed E-state index contributed by atoms with van der Waals surface area (Å²) in [5, 5.41) is 3.58. The van der Waals surface area contributed by atoms with Gasteiger partial charge in [0.25, 0.3) is 0 Å². The maximum Gasteiger partial charge on any atom is 0.0250 e. The molecule has 2 rings (SSSR count). The molecule has 4 atom stereocenters. The Morgan fingerprint density at radius 2 is 2.05 bits per heavy atom. The van der Waals surface area contributed by atoms with Gasteiger partial charge in [0.1, 0.15) is 0 Å². The van der Waals surface area contributed by atoms with E-state index in [0.29, 0.717) is 18.1 Å². The van der Waals surface area contributed by atoms with E-state index >= 15 is 0 Å². The van der Waals surface area contributed by atoms with Crippen molar-refractivity contribution in [1.29, 1.82) is 0 Å². The van der Waals surface area contributed by atoms with Gasteiger partial charge in [-0.05, 0) is 46.2 Å². The highest BCUT2D eigenvalue weighted by Gasteiger charge is 2.38. The topological polar surface area (TPSA) is 18.5 Å². The molecule has 0 bridgehead atoms. The second kappa shape index (κ2) is 7.05. The highest BCUT2D eigenvalue weighted by molar-refractivity contribution is 4.95. The molecule has 0 aromatic heterocycles. The molecule has 112 valence electrons. The number of rotatable bonds is 6. The van der Waals surface area contributed by atoms with Gasteiger partial charge in [-0.2, -0.15) is 0 Å². The van der Waals surface area contributed by atoms with E-state index in [-0.39, 0.29) is 0 Å². The third-order valence-electron chi connectivity index (χ3n) is 5.26. The van der Waals surface area contributed by atoms with Gasteiger partial charge in [-0.3, -0.25) is 9.80 Å². The summed E-state index contributed by atoms with van der Waals surface area (Å²) in [4.78, 5) is 5.53. The lowest BCUT2D eigenvalue weighted by Gasteiger charge is -2.48. The van der Waals surface area contributed by atoms with Gasteiger partial charge in [0.2, 0.25) is 0 Å². The van der Waals surface area contributed by atoms with Crippen LogP contribution in [-0.2, 0) is 0 Å². The first-order valence-corrected chi connectivity index (χ1v) is 8.38. The van der Waals surface area contributed by atoms with Gasteiger partial charge in [0.05, 0.1) is 0 Å². The Labute approximate surface area is 119 Å². The van der Waals surface area contributed by atoms with Gasteiger partial charge >= 0.3 is 0 Å². The first-order valence-electron chi connectivity index (χ1n) is 8.38. The number of fused-ring (bicyclic) bond motifs is 1. The minimum atomic E-state index is 0.658. The molecule has 1 N–H and O–H groups in total. The number of likely N-dealkylation sites (N-methyl/N-ethyl adjacent to an activating group) is 1. The van der Waals surface area contributed by atoms with Crippen molar-refractivity contribution in [2.75, 3.05) is 26.7 Å². The molecule has 0 saturated carbocycles. The molecule has 2 aliphatic rings. The lowest BCUT2D eigenvalue weighted by atomic mass is 9.95. The number of hydrogen-bond donors (Lipinski definition) is 1. The molecule has 3 nitrogen and oxygen atoms in total. The van der Waals surface area contributed by atoms with E-state index in [2.05, 4.69) is 42.9 Å². The predicted octanol–water partition coefficient (Wildman–Crippen LogP) is 2.32. The van der Waals surface area contributed by atoms with Crippen LogP contribution in [0.5, 0.6) is 0 Å². The van der Waals surface area contributed by atoms with Gasteiger partial charge in [0, 0.05) is 37.3 Å². The van der Waals surface area contributed by atoms with Crippen molar-refractivity contribution in [2.45, 2.75) is 77.0 Å². The molecule has 3 heteroatoms. The van der Waals surface area contributed by atoms with Crippen LogP contribution < -0.4 is 5.32 Å². The molecule has 2 aliphatic heterocycles. The van der Waals surface area contributed by atoms with Crippen LogP contribution in [0.4, 0.5) is 0 Å². The molecular formula is C16H33N3. The van der Waals surface area contributed by atoms with Crippen LogP contribution in [0.1, 0.15) is 52.9 Å². The Bertz CT molecular complexity index is 269. The summed E-state index contributed by atoms with van der Waals surface area (Å²) in [6.07, 6.45) is 6.67. The molecule has 0 spiro atoms. The van der Waals surface area contributed by atoms with Crippen LogP contribution in [-0.4, -0.2) is 60.6 Å². The van der Waals surface area contributed by atoms with E-state index < -0.39 is 0 Å². The maximum absolute atomic E-state index is 3.58. The Morgan fingerprint density at radius 1 is 1.26 bits per heavy atom. The van der Waals surface area contributed by atoms with Crippen LogP contribution in [0.3, 0.4) is 0 Å². The van der Waals surface area contributed by atoms with Crippen LogP contribution in [0.25, 0.3) is 0 Å². The first-order chi connectivity index (χ1) is 9.21. The summed E-state index contributed by atoms with van der Waals surface area (Å²) >= 11 is 0. The van der Waals surface area contributed by atoms with Crippen LogP contribution in [0.2, 0.25) is 0 Å². The van der Waals surface area contributed by atoms with Crippen LogP contribution in [0.15, 0.2) is 0 Å². The molecule has 0 aromatic carbocycles. The van der Waals surface area contributed by atoms with Gasteiger partial charge in [0.15, 0.2) is 0 Å². The number of hydrogen-bond acceptors (Lipinski definition) is 3. The minimum Gasteiger partial charge on any atom is -0.315 e. The SMILES string of the molecule is CCCC(NC)C(CC)N1CC2CCCN2CC1C.